The van der Waals surface area contributed by atoms with Crippen molar-refractivity contribution in [2.45, 2.75) is 75.5 Å². The molecule has 4 aromatic heterocycles. The minimum atomic E-state index is -5.42. The lowest BCUT2D eigenvalue weighted by molar-refractivity contribution is -0.133. The van der Waals surface area contributed by atoms with Crippen LogP contribution in [-0.4, -0.2) is 131 Å². The van der Waals surface area contributed by atoms with Crippen LogP contribution in [0.3, 0.4) is 0 Å². The lowest BCUT2D eigenvalue weighted by Crippen LogP contribution is -2.32. The maximum Gasteiger partial charge on any atom is 0.481 e. The van der Waals surface area contributed by atoms with Crippen LogP contribution in [0, 0.1) is 0 Å². The van der Waals surface area contributed by atoms with E-state index in [1.807, 2.05) is 60.7 Å². The Balaban J connectivity index is 0.830. The van der Waals surface area contributed by atoms with Crippen molar-refractivity contribution >= 4 is 73.7 Å². The summed E-state index contributed by atoms with van der Waals surface area (Å²) < 4.78 is 83.2. The van der Waals surface area contributed by atoms with Gasteiger partial charge in [0.15, 0.2) is 47.7 Å². The molecular formula is C45H49N11O15P2. The zero-order chi connectivity index (χ0) is 50.7. The van der Waals surface area contributed by atoms with Crippen LogP contribution in [0.2, 0.25) is 0 Å². The average Bonchev–Trinajstić information content (AvgIpc) is 4.24. The summed E-state index contributed by atoms with van der Waals surface area (Å²) >= 11 is 0. The highest BCUT2D eigenvalue weighted by Crippen LogP contribution is 2.61. The van der Waals surface area contributed by atoms with E-state index in [2.05, 4.69) is 46.2 Å². The van der Waals surface area contributed by atoms with Gasteiger partial charge in [-0.3, -0.25) is 23.5 Å². The summed E-state index contributed by atoms with van der Waals surface area (Å²) in [5, 5.41) is 10.7. The molecular weight excluding hydrogens is 997 g/mol. The highest BCUT2D eigenvalue weighted by Gasteiger charge is 2.56. The van der Waals surface area contributed by atoms with Crippen LogP contribution in [0.5, 0.6) is 0 Å². The largest absolute Gasteiger partial charge is 0.481 e. The van der Waals surface area contributed by atoms with Gasteiger partial charge in [0.2, 0.25) is 0 Å². The topological polar surface area (TPSA) is 314 Å². The first kappa shape index (κ1) is 50.2. The standard InChI is InChI=1S/C45H49N11O15P2/c1-3-46-44(57)53-28-19-20-48-40-33(28)51-24-55(40)42-37-35(67-31(69-37)17-15-26-11-7-5-8-12-26)29(65-42)21-63-72(59,60)71-73(61,62)64-22-30-36-38(70-32(68-36)18-16-27-13-9-6-10-14-27)43(66-30)56-25-52-34-39(49-23-50-41(34)56)54-45(58)47-4-2/h5-20,23-25,29-32,35-38,42-43H,3-4,21-22H2,1-2H3,(H,59,60)(H,61,62)(H2,46,48,53,57)(H2,47,49,50,54,58)/b17-15+,18-16+/t29-,30-,31+,32-,35+,36?,37?,38?,42-,43-/m1/s1. The minimum Gasteiger partial charge on any atom is -0.347 e. The molecule has 4 aliphatic heterocycles. The molecule has 0 spiro atoms. The monoisotopic (exact) mass is 1050 g/mol. The molecule has 8 heterocycles. The Labute approximate surface area is 415 Å². The zero-order valence-electron chi connectivity index (χ0n) is 38.8. The van der Waals surface area contributed by atoms with Crippen LogP contribution in [-0.2, 0) is 50.9 Å². The molecule has 12 atom stereocenters. The van der Waals surface area contributed by atoms with E-state index in [1.165, 1.54) is 29.7 Å². The van der Waals surface area contributed by atoms with Crippen LogP contribution in [0.1, 0.15) is 37.4 Å². The Hall–Kier alpha value is -6.35. The molecule has 5 unspecified atom stereocenters. The summed E-state index contributed by atoms with van der Waals surface area (Å²) in [7, 11) is -10.8. The molecule has 0 bridgehead atoms. The van der Waals surface area contributed by atoms with Crippen LogP contribution >= 0.6 is 15.6 Å². The molecule has 4 saturated heterocycles. The second-order valence-corrected chi connectivity index (χ2v) is 19.7. The van der Waals surface area contributed by atoms with E-state index in [-0.39, 0.29) is 17.0 Å². The number of nitrogens with zero attached hydrogens (tertiary/aromatic N) is 7. The number of anilines is 2. The van der Waals surface area contributed by atoms with Gasteiger partial charge in [0.1, 0.15) is 48.5 Å². The molecule has 4 aliphatic rings. The first-order valence-corrected chi connectivity index (χ1v) is 26.0. The lowest BCUT2D eigenvalue weighted by Gasteiger charge is -2.22. The number of imidazole rings is 2. The van der Waals surface area contributed by atoms with Gasteiger partial charge in [0.25, 0.3) is 0 Å². The number of benzene rings is 2. The number of urea groups is 2. The van der Waals surface area contributed by atoms with E-state index < -0.39 is 103 Å². The number of phosphoric acid groups is 2. The van der Waals surface area contributed by atoms with Crippen LogP contribution < -0.4 is 21.3 Å². The lowest BCUT2D eigenvalue weighted by atomic mass is 10.1. The molecule has 6 aromatic rings. The van der Waals surface area contributed by atoms with Crippen LogP contribution in [0.25, 0.3) is 34.5 Å². The van der Waals surface area contributed by atoms with E-state index in [0.717, 1.165) is 11.1 Å². The van der Waals surface area contributed by atoms with Gasteiger partial charge in [-0.2, -0.15) is 4.31 Å². The number of aromatic nitrogens is 7. The van der Waals surface area contributed by atoms with Gasteiger partial charge < -0.3 is 54.2 Å². The van der Waals surface area contributed by atoms with Crippen molar-refractivity contribution in [2.75, 3.05) is 36.9 Å². The maximum atomic E-state index is 13.5. The number of nitrogens with one attached hydrogen (secondary N) is 4. The minimum absolute atomic E-state index is 0.125. The molecule has 10 rings (SSSR count). The van der Waals surface area contributed by atoms with E-state index in [9.17, 15) is 28.5 Å². The van der Waals surface area contributed by atoms with E-state index in [0.29, 0.717) is 29.9 Å². The zero-order valence-corrected chi connectivity index (χ0v) is 40.6. The van der Waals surface area contributed by atoms with Crippen molar-refractivity contribution in [1.82, 2.24) is 44.7 Å². The highest BCUT2D eigenvalue weighted by atomic mass is 31.3. The summed E-state index contributed by atoms with van der Waals surface area (Å²) in [5.74, 6) is 0.125. The fourth-order valence-electron chi connectivity index (χ4n) is 8.63. The number of ether oxygens (including phenoxy) is 6. The molecule has 73 heavy (non-hydrogen) atoms. The smallest absolute Gasteiger partial charge is 0.347 e. The van der Waals surface area contributed by atoms with Gasteiger partial charge in [-0.1, -0.05) is 72.8 Å². The van der Waals surface area contributed by atoms with Crippen molar-refractivity contribution in [3.8, 4) is 0 Å². The number of pyridine rings is 1. The number of fused-ring (bicyclic) bond motifs is 4. The Bertz CT molecular complexity index is 2890. The first-order chi connectivity index (χ1) is 35.3. The Kier molecular flexibility index (Phi) is 14.9. The number of amides is 4. The first-order valence-electron chi connectivity index (χ1n) is 23.0. The second kappa shape index (κ2) is 21.6. The summed E-state index contributed by atoms with van der Waals surface area (Å²) in [6.45, 7) is 2.90. The van der Waals surface area contributed by atoms with Crippen molar-refractivity contribution in [3.63, 3.8) is 0 Å². The normalized spacial score (nSPS) is 27.3. The number of rotatable bonds is 18. The predicted octanol–water partition coefficient (Wildman–Crippen LogP) is 5.25. The van der Waals surface area contributed by atoms with Crippen molar-refractivity contribution in [1.29, 1.82) is 0 Å². The third-order valence-electron chi connectivity index (χ3n) is 11.8. The number of hydrogen-bond acceptors (Lipinski definition) is 18. The molecule has 26 nitrogen and oxygen atoms in total. The SMILES string of the molecule is CCNC(=O)Nc1ncnc2c1ncn2[C@@H]1O[C@H](COP(=O)(O)OP(=O)(O)OC[C@H]2O[C@@H](n3cnc4c(NC(=O)NCC)ccnc43)C3O[C@@H](/C=C/c4ccccc4)O[C@H]32)C2O[C@@H](/C=C/c3ccccc3)OC21. The fourth-order valence-corrected chi connectivity index (χ4v) is 10.7. The van der Waals surface area contributed by atoms with Crippen molar-refractivity contribution in [3.05, 3.63) is 115 Å². The number of carbonyl (C=O) groups is 2. The van der Waals surface area contributed by atoms with Crippen molar-refractivity contribution in [2.24, 2.45) is 0 Å². The van der Waals surface area contributed by atoms with Gasteiger partial charge in [-0.25, -0.2) is 43.6 Å². The molecule has 28 heteroatoms. The summed E-state index contributed by atoms with van der Waals surface area (Å²) in [4.78, 5) is 68.5. The average molecular weight is 1050 g/mol. The molecule has 0 radical (unpaired) electrons. The summed E-state index contributed by atoms with van der Waals surface area (Å²) in [5.41, 5.74) is 3.25. The molecule has 384 valence electrons. The third-order valence-corrected chi connectivity index (χ3v) is 14.4. The van der Waals surface area contributed by atoms with E-state index >= 15 is 0 Å². The van der Waals surface area contributed by atoms with Crippen molar-refractivity contribution < 1.29 is 70.3 Å². The Morgan fingerprint density at radius 3 is 1.66 bits per heavy atom. The summed E-state index contributed by atoms with van der Waals surface area (Å²) in [6, 6.07) is 19.5. The van der Waals surface area contributed by atoms with Gasteiger partial charge >= 0.3 is 27.7 Å². The molecule has 6 N–H and O–H groups in total. The highest BCUT2D eigenvalue weighted by molar-refractivity contribution is 7.61. The Morgan fingerprint density at radius 2 is 1.12 bits per heavy atom. The van der Waals surface area contributed by atoms with Gasteiger partial charge in [-0.15, -0.1) is 0 Å². The number of phosphoric ester groups is 2. The van der Waals surface area contributed by atoms with E-state index in [4.69, 9.17) is 41.8 Å². The number of carbonyl (C=O) groups excluding carboxylic acids is 2. The van der Waals surface area contributed by atoms with E-state index in [1.54, 1.807) is 48.8 Å². The van der Waals surface area contributed by atoms with Gasteiger partial charge in [0.05, 0.1) is 31.6 Å². The van der Waals surface area contributed by atoms with Gasteiger partial charge in [0, 0.05) is 19.3 Å². The third kappa shape index (κ3) is 11.3. The number of hydrogen-bond donors (Lipinski definition) is 6. The molecule has 4 fully saturated rings. The molecule has 0 saturated carbocycles. The predicted molar refractivity (Wildman–Crippen MR) is 257 cm³/mol. The molecule has 4 amide bonds. The molecule has 2 aromatic carbocycles. The van der Waals surface area contributed by atoms with Crippen LogP contribution in [0.15, 0.2) is 104 Å². The maximum absolute atomic E-state index is 13.5. The quantitative estimate of drug-likeness (QED) is 0.0599. The molecule has 0 aliphatic carbocycles. The Morgan fingerprint density at radius 1 is 0.630 bits per heavy atom. The summed E-state index contributed by atoms with van der Waals surface area (Å²) in [6.07, 6.45) is 2.84. The second-order valence-electron chi connectivity index (χ2n) is 16.6. The van der Waals surface area contributed by atoms with Crippen LogP contribution in [0.4, 0.5) is 21.1 Å². The van der Waals surface area contributed by atoms with Gasteiger partial charge in [-0.05, 0) is 43.2 Å². The fraction of sp³-hybridized carbons (Fsp3) is 0.356.